The van der Waals surface area contributed by atoms with Crippen LogP contribution in [0.1, 0.15) is 17.3 Å². The quantitative estimate of drug-likeness (QED) is 0.325. The summed E-state index contributed by atoms with van der Waals surface area (Å²) < 4.78 is 4.91. The zero-order valence-corrected chi connectivity index (χ0v) is 11.6. The highest BCUT2D eigenvalue weighted by Gasteiger charge is 2.25. The highest BCUT2D eigenvalue weighted by Crippen LogP contribution is 2.12. The number of aliphatic hydroxyl groups is 1. The minimum absolute atomic E-state index is 0.166. The van der Waals surface area contributed by atoms with E-state index in [1.54, 1.807) is 0 Å². The molecule has 0 bridgehead atoms. The number of ether oxygens (including phenoxy) is 1. The predicted molar refractivity (Wildman–Crippen MR) is 72.4 cm³/mol. The Labute approximate surface area is 125 Å². The molecule has 22 heavy (non-hydrogen) atoms. The number of aliphatic hydroxyl groups excluding tert-OH is 1. The molecule has 0 radical (unpaired) electrons. The fourth-order valence-electron chi connectivity index (χ4n) is 1.55. The number of carboxylic acids is 1. The topological polar surface area (TPSA) is 145 Å². The number of amides is 2. The van der Waals surface area contributed by atoms with Gasteiger partial charge in [0.05, 0.1) is 6.10 Å². The number of hydroxylamine groups is 1. The predicted octanol–water partition coefficient (Wildman–Crippen LogP) is -0.865. The molecule has 0 heterocycles. The summed E-state index contributed by atoms with van der Waals surface area (Å²) in [6.45, 7) is 0.773. The first kappa shape index (κ1) is 17.4. The van der Waals surface area contributed by atoms with Gasteiger partial charge in [-0.1, -0.05) is 0 Å². The van der Waals surface area contributed by atoms with Crippen molar-refractivity contribution in [2.75, 3.05) is 6.61 Å². The van der Waals surface area contributed by atoms with Crippen LogP contribution >= 0.6 is 0 Å². The fourth-order valence-corrected chi connectivity index (χ4v) is 1.55. The molecule has 0 aromatic heterocycles. The van der Waals surface area contributed by atoms with E-state index in [-0.39, 0.29) is 11.3 Å². The molecule has 0 aliphatic heterocycles. The third kappa shape index (κ3) is 5.04. The molecule has 2 atom stereocenters. The third-order valence-electron chi connectivity index (χ3n) is 2.64. The first-order valence-electron chi connectivity index (χ1n) is 6.22. The number of benzene rings is 1. The van der Waals surface area contributed by atoms with Crippen molar-refractivity contribution in [3.63, 3.8) is 0 Å². The van der Waals surface area contributed by atoms with Gasteiger partial charge in [0, 0.05) is 5.56 Å². The number of carboxylic acid groups (broad SMARTS) is 1. The smallest absolute Gasteiger partial charge is 0.341 e. The van der Waals surface area contributed by atoms with Gasteiger partial charge >= 0.3 is 5.97 Å². The molecule has 1 aromatic rings. The largest absolute Gasteiger partial charge is 0.482 e. The van der Waals surface area contributed by atoms with Gasteiger partial charge in [-0.25, -0.2) is 10.3 Å². The van der Waals surface area contributed by atoms with Crippen molar-refractivity contribution in [2.45, 2.75) is 19.1 Å². The van der Waals surface area contributed by atoms with Crippen LogP contribution in [0.25, 0.3) is 0 Å². The Balaban J connectivity index is 2.72. The van der Waals surface area contributed by atoms with Crippen molar-refractivity contribution in [3.8, 4) is 5.75 Å². The average molecular weight is 312 g/mol. The van der Waals surface area contributed by atoms with E-state index in [9.17, 15) is 19.5 Å². The van der Waals surface area contributed by atoms with Crippen molar-refractivity contribution >= 4 is 17.8 Å². The molecular weight excluding hydrogens is 296 g/mol. The van der Waals surface area contributed by atoms with Crippen molar-refractivity contribution < 1.29 is 34.5 Å². The molecule has 120 valence electrons. The van der Waals surface area contributed by atoms with E-state index in [1.807, 2.05) is 0 Å². The van der Waals surface area contributed by atoms with Crippen molar-refractivity contribution in [3.05, 3.63) is 29.8 Å². The molecule has 1 aromatic carbocycles. The Kier molecular flexibility index (Phi) is 6.29. The number of hydrogen-bond acceptors (Lipinski definition) is 6. The van der Waals surface area contributed by atoms with Crippen LogP contribution in [0.4, 0.5) is 0 Å². The van der Waals surface area contributed by atoms with Crippen LogP contribution in [-0.4, -0.2) is 52.0 Å². The molecular formula is C13H16N2O7. The molecule has 0 unspecified atom stereocenters. The molecule has 9 nitrogen and oxygen atoms in total. The fraction of sp³-hybridized carbons (Fsp3) is 0.308. The maximum Gasteiger partial charge on any atom is 0.341 e. The minimum atomic E-state index is -1.32. The van der Waals surface area contributed by atoms with E-state index in [0.717, 1.165) is 0 Å². The van der Waals surface area contributed by atoms with E-state index in [1.165, 1.54) is 36.7 Å². The van der Waals surface area contributed by atoms with E-state index < -0.39 is 36.5 Å². The van der Waals surface area contributed by atoms with Crippen LogP contribution < -0.4 is 15.5 Å². The third-order valence-corrected chi connectivity index (χ3v) is 2.64. The number of rotatable bonds is 7. The Bertz CT molecular complexity index is 542. The summed E-state index contributed by atoms with van der Waals surface area (Å²) in [4.78, 5) is 33.6. The molecule has 0 saturated heterocycles. The second-order valence-corrected chi connectivity index (χ2v) is 4.37. The monoisotopic (exact) mass is 312 g/mol. The summed E-state index contributed by atoms with van der Waals surface area (Å²) in [5, 5.41) is 28.7. The minimum Gasteiger partial charge on any atom is -0.482 e. The highest BCUT2D eigenvalue weighted by atomic mass is 16.5. The van der Waals surface area contributed by atoms with Crippen LogP contribution in [0, 0.1) is 0 Å². The van der Waals surface area contributed by atoms with E-state index in [2.05, 4.69) is 5.32 Å². The molecule has 2 amide bonds. The molecule has 0 fully saturated rings. The number of carbonyl (C=O) groups is 3. The second-order valence-electron chi connectivity index (χ2n) is 4.37. The summed E-state index contributed by atoms with van der Waals surface area (Å²) in [6, 6.07) is 4.19. The summed E-state index contributed by atoms with van der Waals surface area (Å²) in [5.41, 5.74) is 1.52. The molecule has 0 aliphatic rings. The van der Waals surface area contributed by atoms with Gasteiger partial charge in [0.2, 0.25) is 0 Å². The van der Waals surface area contributed by atoms with Crippen LogP contribution in [0.15, 0.2) is 24.3 Å². The van der Waals surface area contributed by atoms with E-state index >= 15 is 0 Å². The zero-order valence-electron chi connectivity index (χ0n) is 11.6. The lowest BCUT2D eigenvalue weighted by atomic mass is 10.1. The van der Waals surface area contributed by atoms with Gasteiger partial charge in [0.15, 0.2) is 6.61 Å². The van der Waals surface area contributed by atoms with Crippen molar-refractivity contribution in [1.82, 2.24) is 10.8 Å². The lowest BCUT2D eigenvalue weighted by molar-refractivity contribution is -0.139. The molecule has 0 saturated carbocycles. The first-order chi connectivity index (χ1) is 10.3. The van der Waals surface area contributed by atoms with Crippen LogP contribution in [0.2, 0.25) is 0 Å². The van der Waals surface area contributed by atoms with Crippen molar-refractivity contribution in [1.29, 1.82) is 0 Å². The zero-order chi connectivity index (χ0) is 16.7. The van der Waals surface area contributed by atoms with Gasteiger partial charge in [-0.3, -0.25) is 14.8 Å². The molecule has 0 spiro atoms. The first-order valence-corrected chi connectivity index (χ1v) is 6.22. The Morgan fingerprint density at radius 3 is 2.27 bits per heavy atom. The summed E-state index contributed by atoms with van der Waals surface area (Å²) in [5.74, 6) is -2.47. The van der Waals surface area contributed by atoms with E-state index in [4.69, 9.17) is 15.1 Å². The van der Waals surface area contributed by atoms with Gasteiger partial charge in [0.1, 0.15) is 11.8 Å². The average Bonchev–Trinajstić information content (AvgIpc) is 2.49. The number of hydrogen-bond donors (Lipinski definition) is 5. The molecule has 9 heteroatoms. The summed E-state index contributed by atoms with van der Waals surface area (Å²) in [6.07, 6.45) is -1.21. The van der Waals surface area contributed by atoms with Crippen LogP contribution in [0.3, 0.4) is 0 Å². The Morgan fingerprint density at radius 2 is 1.82 bits per heavy atom. The van der Waals surface area contributed by atoms with Crippen LogP contribution in [-0.2, 0) is 9.59 Å². The Hall–Kier alpha value is -2.65. The maximum atomic E-state index is 11.9. The standard InChI is InChI=1S/C13H16N2O7/c1-7(16)11(13(20)15-21)14-12(19)8-2-4-9(5-3-8)22-6-10(17)18/h2-5,7,11,16,21H,6H2,1H3,(H,14,19)(H,15,20)(H,17,18)/t7-,11+/m1/s1. The van der Waals surface area contributed by atoms with Gasteiger partial charge < -0.3 is 20.3 Å². The SMILES string of the molecule is C[C@@H](O)[C@H](NC(=O)c1ccc(OCC(=O)O)cc1)C(=O)NO. The lowest BCUT2D eigenvalue weighted by Crippen LogP contribution is -2.51. The normalized spacial score (nSPS) is 12.9. The summed E-state index contributed by atoms with van der Waals surface area (Å²) in [7, 11) is 0. The molecule has 0 aliphatic carbocycles. The molecule has 1 rings (SSSR count). The van der Waals surface area contributed by atoms with Gasteiger partial charge in [-0.15, -0.1) is 0 Å². The second kappa shape index (κ2) is 7.96. The molecule has 5 N–H and O–H groups in total. The highest BCUT2D eigenvalue weighted by molar-refractivity contribution is 5.97. The number of nitrogens with one attached hydrogen (secondary N) is 2. The van der Waals surface area contributed by atoms with Gasteiger partial charge in [-0.05, 0) is 31.2 Å². The van der Waals surface area contributed by atoms with Gasteiger partial charge in [0.25, 0.3) is 11.8 Å². The number of aliphatic carboxylic acids is 1. The van der Waals surface area contributed by atoms with E-state index in [0.29, 0.717) is 0 Å². The summed E-state index contributed by atoms with van der Waals surface area (Å²) >= 11 is 0. The van der Waals surface area contributed by atoms with Crippen molar-refractivity contribution in [2.24, 2.45) is 0 Å². The Morgan fingerprint density at radius 1 is 1.23 bits per heavy atom. The van der Waals surface area contributed by atoms with Crippen LogP contribution in [0.5, 0.6) is 5.75 Å². The lowest BCUT2D eigenvalue weighted by Gasteiger charge is -2.19. The number of carbonyl (C=O) groups excluding carboxylic acids is 2. The maximum absolute atomic E-state index is 11.9. The van der Waals surface area contributed by atoms with Gasteiger partial charge in [-0.2, -0.15) is 0 Å².